The van der Waals surface area contributed by atoms with Crippen molar-refractivity contribution < 1.29 is 19.1 Å². The molecule has 2 unspecified atom stereocenters. The van der Waals surface area contributed by atoms with Gasteiger partial charge in [-0.15, -0.1) is 11.6 Å². The van der Waals surface area contributed by atoms with E-state index in [1.165, 1.54) is 12.0 Å². The predicted octanol–water partition coefficient (Wildman–Crippen LogP) is 3.49. The summed E-state index contributed by atoms with van der Waals surface area (Å²) >= 11 is 18.1. The van der Waals surface area contributed by atoms with Crippen LogP contribution in [0.15, 0.2) is 12.1 Å². The highest BCUT2D eigenvalue weighted by atomic mass is 35.5. The normalized spacial score (nSPS) is 20.6. The minimum absolute atomic E-state index is 0.0883. The molecule has 0 spiro atoms. The molecule has 24 heavy (non-hydrogen) atoms. The third-order valence-corrected chi connectivity index (χ3v) is 5.28. The summed E-state index contributed by atoms with van der Waals surface area (Å²) in [6, 6.07) is 2.70. The Morgan fingerprint density at radius 2 is 2.00 bits per heavy atom. The number of alkyl halides is 1. The highest BCUT2D eigenvalue weighted by Gasteiger charge is 2.38. The van der Waals surface area contributed by atoms with E-state index in [-0.39, 0.29) is 17.7 Å². The average molecular weight is 395 g/mol. The van der Waals surface area contributed by atoms with Crippen LogP contribution in [0.4, 0.5) is 0 Å². The van der Waals surface area contributed by atoms with E-state index < -0.39 is 12.0 Å². The van der Waals surface area contributed by atoms with E-state index in [0.717, 1.165) is 5.56 Å². The first-order valence-corrected chi connectivity index (χ1v) is 8.68. The molecule has 2 atom stereocenters. The Balaban J connectivity index is 2.37. The topological polar surface area (TPSA) is 55.8 Å². The monoisotopic (exact) mass is 393 g/mol. The number of benzene rings is 1. The highest BCUT2D eigenvalue weighted by Crippen LogP contribution is 2.43. The SMILES string of the molecule is COC(=O)C1CC(c2c(OC)ccc(Cl)c2Cl)CCN1C(=O)CCl. The molecule has 0 bridgehead atoms. The van der Waals surface area contributed by atoms with Crippen LogP contribution in [0.1, 0.15) is 24.3 Å². The number of amides is 1. The Kier molecular flexibility index (Phi) is 6.61. The molecule has 1 heterocycles. The summed E-state index contributed by atoms with van der Waals surface area (Å²) in [5.41, 5.74) is 0.749. The van der Waals surface area contributed by atoms with Crippen molar-refractivity contribution in [3.8, 4) is 5.75 Å². The molecule has 2 rings (SSSR count). The molecule has 1 fully saturated rings. The molecule has 1 saturated heterocycles. The van der Waals surface area contributed by atoms with Crippen LogP contribution in [-0.4, -0.2) is 49.5 Å². The minimum Gasteiger partial charge on any atom is -0.496 e. The number of carbonyl (C=O) groups excluding carboxylic acids is 2. The number of nitrogens with zero attached hydrogens (tertiary/aromatic N) is 1. The number of piperidine rings is 1. The Hall–Kier alpha value is -1.17. The van der Waals surface area contributed by atoms with Crippen LogP contribution < -0.4 is 4.74 Å². The van der Waals surface area contributed by atoms with Crippen LogP contribution in [-0.2, 0) is 14.3 Å². The van der Waals surface area contributed by atoms with Gasteiger partial charge in [0.25, 0.3) is 0 Å². The summed E-state index contributed by atoms with van der Waals surface area (Å²) in [6.45, 7) is 0.377. The third-order valence-electron chi connectivity index (χ3n) is 4.23. The van der Waals surface area contributed by atoms with E-state index in [4.69, 9.17) is 44.3 Å². The Morgan fingerprint density at radius 3 is 2.58 bits per heavy atom. The van der Waals surface area contributed by atoms with Crippen molar-refractivity contribution in [1.82, 2.24) is 4.90 Å². The maximum absolute atomic E-state index is 12.1. The van der Waals surface area contributed by atoms with Gasteiger partial charge in [0, 0.05) is 12.1 Å². The summed E-state index contributed by atoms with van der Waals surface area (Å²) in [6.07, 6.45) is 0.984. The first-order valence-electron chi connectivity index (χ1n) is 7.39. The van der Waals surface area contributed by atoms with Gasteiger partial charge < -0.3 is 14.4 Å². The van der Waals surface area contributed by atoms with Gasteiger partial charge >= 0.3 is 5.97 Å². The lowest BCUT2D eigenvalue weighted by Crippen LogP contribution is -2.50. The van der Waals surface area contributed by atoms with E-state index in [2.05, 4.69) is 0 Å². The van der Waals surface area contributed by atoms with Gasteiger partial charge in [-0.25, -0.2) is 4.79 Å². The number of hydrogen-bond acceptors (Lipinski definition) is 4. The van der Waals surface area contributed by atoms with Gasteiger partial charge in [-0.1, -0.05) is 23.2 Å². The maximum Gasteiger partial charge on any atom is 0.328 e. The number of halogens is 3. The fraction of sp³-hybridized carbons (Fsp3) is 0.500. The summed E-state index contributed by atoms with van der Waals surface area (Å²) in [7, 11) is 2.84. The Morgan fingerprint density at radius 1 is 1.29 bits per heavy atom. The lowest BCUT2D eigenvalue weighted by Gasteiger charge is -2.38. The smallest absolute Gasteiger partial charge is 0.328 e. The number of carbonyl (C=O) groups is 2. The number of likely N-dealkylation sites (tertiary alicyclic amines) is 1. The molecule has 0 radical (unpaired) electrons. The zero-order valence-electron chi connectivity index (χ0n) is 13.4. The van der Waals surface area contributed by atoms with E-state index >= 15 is 0 Å². The Labute approximate surface area is 155 Å². The lowest BCUT2D eigenvalue weighted by molar-refractivity contribution is -0.154. The van der Waals surface area contributed by atoms with Gasteiger partial charge in [0.15, 0.2) is 0 Å². The zero-order chi connectivity index (χ0) is 17.9. The van der Waals surface area contributed by atoms with Crippen LogP contribution in [0.25, 0.3) is 0 Å². The van der Waals surface area contributed by atoms with E-state index in [1.807, 2.05) is 0 Å². The van der Waals surface area contributed by atoms with Gasteiger partial charge in [-0.2, -0.15) is 0 Å². The second-order valence-corrected chi connectivity index (χ2v) is 6.51. The molecular formula is C16H18Cl3NO4. The van der Waals surface area contributed by atoms with Crippen molar-refractivity contribution in [2.45, 2.75) is 24.8 Å². The predicted molar refractivity (Wildman–Crippen MR) is 93.2 cm³/mol. The zero-order valence-corrected chi connectivity index (χ0v) is 15.6. The largest absolute Gasteiger partial charge is 0.496 e. The van der Waals surface area contributed by atoms with Crippen molar-refractivity contribution in [2.75, 3.05) is 26.6 Å². The quantitative estimate of drug-likeness (QED) is 0.579. The fourth-order valence-corrected chi connectivity index (χ4v) is 3.70. The second kappa shape index (κ2) is 8.28. The number of rotatable bonds is 4. The van der Waals surface area contributed by atoms with Crippen LogP contribution in [0.2, 0.25) is 10.0 Å². The molecule has 5 nitrogen and oxygen atoms in total. The van der Waals surface area contributed by atoms with Crippen LogP contribution in [0.5, 0.6) is 5.75 Å². The van der Waals surface area contributed by atoms with Crippen molar-refractivity contribution in [3.05, 3.63) is 27.7 Å². The van der Waals surface area contributed by atoms with Crippen LogP contribution in [0, 0.1) is 0 Å². The molecular weight excluding hydrogens is 377 g/mol. The fourth-order valence-electron chi connectivity index (χ4n) is 3.07. The Bertz CT molecular complexity index is 638. The molecule has 1 aliphatic heterocycles. The van der Waals surface area contributed by atoms with Gasteiger partial charge in [0.1, 0.15) is 17.7 Å². The van der Waals surface area contributed by atoms with Crippen molar-refractivity contribution in [1.29, 1.82) is 0 Å². The van der Waals surface area contributed by atoms with E-state index in [9.17, 15) is 9.59 Å². The highest BCUT2D eigenvalue weighted by molar-refractivity contribution is 6.42. The number of methoxy groups -OCH3 is 2. The van der Waals surface area contributed by atoms with Gasteiger partial charge in [0.05, 0.1) is 24.3 Å². The standard InChI is InChI=1S/C16H18Cl3NO4/c1-23-12-4-3-10(18)15(19)14(12)9-5-6-20(13(21)8-17)11(7-9)16(22)24-2/h3-4,9,11H,5-8H2,1-2H3. The number of ether oxygens (including phenoxy) is 2. The van der Waals surface area contributed by atoms with E-state index in [1.54, 1.807) is 19.2 Å². The molecule has 0 aromatic heterocycles. The molecule has 8 heteroatoms. The average Bonchev–Trinajstić information content (AvgIpc) is 2.61. The summed E-state index contributed by atoms with van der Waals surface area (Å²) < 4.78 is 10.2. The first-order chi connectivity index (χ1) is 11.4. The van der Waals surface area contributed by atoms with Gasteiger partial charge in [-0.3, -0.25) is 4.79 Å². The second-order valence-electron chi connectivity index (χ2n) is 5.46. The van der Waals surface area contributed by atoms with Crippen molar-refractivity contribution in [3.63, 3.8) is 0 Å². The lowest BCUT2D eigenvalue weighted by atomic mass is 9.84. The molecule has 1 aromatic rings. The van der Waals surface area contributed by atoms with Gasteiger partial charge in [-0.05, 0) is 30.9 Å². The van der Waals surface area contributed by atoms with E-state index in [0.29, 0.717) is 35.2 Å². The molecule has 1 amide bonds. The molecule has 1 aromatic carbocycles. The molecule has 0 aliphatic carbocycles. The van der Waals surface area contributed by atoms with Crippen LogP contribution in [0.3, 0.4) is 0 Å². The van der Waals surface area contributed by atoms with Crippen molar-refractivity contribution in [2.24, 2.45) is 0 Å². The van der Waals surface area contributed by atoms with Crippen molar-refractivity contribution >= 4 is 46.7 Å². The molecule has 0 saturated carbocycles. The molecule has 0 N–H and O–H groups in total. The minimum atomic E-state index is -0.709. The van der Waals surface area contributed by atoms with Crippen LogP contribution >= 0.6 is 34.8 Å². The third kappa shape index (κ3) is 3.73. The van der Waals surface area contributed by atoms with Gasteiger partial charge in [0.2, 0.25) is 5.91 Å². The molecule has 1 aliphatic rings. The maximum atomic E-state index is 12.1. The summed E-state index contributed by atoms with van der Waals surface area (Å²) in [5, 5.41) is 0.822. The number of hydrogen-bond donors (Lipinski definition) is 0. The molecule has 132 valence electrons. The number of esters is 1. The first kappa shape index (κ1) is 19.2. The summed E-state index contributed by atoms with van der Waals surface area (Å²) in [4.78, 5) is 25.6. The summed E-state index contributed by atoms with van der Waals surface area (Å²) in [5.74, 6) is -0.436.